The molecule has 1 N–H and O–H groups in total. The summed E-state index contributed by atoms with van der Waals surface area (Å²) in [6, 6.07) is 7.29. The Morgan fingerprint density at radius 2 is 2.10 bits per heavy atom. The van der Waals surface area contributed by atoms with Crippen molar-refractivity contribution in [2.24, 2.45) is 0 Å². The number of nitrogens with zero attached hydrogens (tertiary/aromatic N) is 2. The van der Waals surface area contributed by atoms with Gasteiger partial charge in [0.25, 0.3) is 0 Å². The first kappa shape index (κ1) is 13.4. The molecule has 0 aliphatic heterocycles. The molecule has 106 valence electrons. The lowest BCUT2D eigenvalue weighted by atomic mass is 10.1. The highest BCUT2D eigenvalue weighted by atomic mass is 15.3. The van der Waals surface area contributed by atoms with Crippen LogP contribution < -0.4 is 5.32 Å². The maximum atomic E-state index is 4.63. The topological polar surface area (TPSA) is 29.9 Å². The van der Waals surface area contributed by atoms with E-state index in [1.165, 1.54) is 40.9 Å². The molecule has 0 radical (unpaired) electrons. The van der Waals surface area contributed by atoms with Crippen LogP contribution in [0.15, 0.2) is 24.4 Å². The summed E-state index contributed by atoms with van der Waals surface area (Å²) in [4.78, 5) is 0. The van der Waals surface area contributed by atoms with Gasteiger partial charge in [0.15, 0.2) is 0 Å². The fraction of sp³-hybridized carbons (Fsp3) is 0.471. The van der Waals surface area contributed by atoms with Crippen molar-refractivity contribution in [3.05, 3.63) is 46.8 Å². The van der Waals surface area contributed by atoms with E-state index < -0.39 is 0 Å². The number of aromatic nitrogens is 2. The molecule has 3 nitrogen and oxygen atoms in total. The molecule has 1 aliphatic carbocycles. The fourth-order valence-corrected chi connectivity index (χ4v) is 2.63. The number of aryl methyl sites for hydroxylation is 2. The van der Waals surface area contributed by atoms with E-state index in [-0.39, 0.29) is 0 Å². The largest absolute Gasteiger partial charge is 0.310 e. The molecule has 3 heteroatoms. The molecule has 1 fully saturated rings. The summed E-state index contributed by atoms with van der Waals surface area (Å²) < 4.78 is 2.12. The number of benzene rings is 1. The number of rotatable bonds is 5. The number of hydrogen-bond acceptors (Lipinski definition) is 2. The van der Waals surface area contributed by atoms with Crippen molar-refractivity contribution >= 4 is 0 Å². The Hall–Kier alpha value is -1.61. The highest BCUT2D eigenvalue weighted by Gasteiger charge is 2.21. The van der Waals surface area contributed by atoms with E-state index in [4.69, 9.17) is 0 Å². The molecule has 1 heterocycles. The van der Waals surface area contributed by atoms with E-state index in [0.29, 0.717) is 0 Å². The Morgan fingerprint density at radius 3 is 2.80 bits per heavy atom. The smallest absolute Gasteiger partial charge is 0.0680 e. The van der Waals surface area contributed by atoms with E-state index in [1.807, 2.05) is 6.20 Å². The van der Waals surface area contributed by atoms with Crippen LogP contribution in [0.25, 0.3) is 5.69 Å². The Kier molecular flexibility index (Phi) is 3.62. The predicted molar refractivity (Wildman–Crippen MR) is 82.3 cm³/mol. The minimum absolute atomic E-state index is 0.740. The molecular formula is C17H23N3. The maximum absolute atomic E-state index is 4.63. The van der Waals surface area contributed by atoms with Crippen LogP contribution >= 0.6 is 0 Å². The zero-order valence-corrected chi connectivity index (χ0v) is 12.6. The summed E-state index contributed by atoms with van der Waals surface area (Å²) in [5.74, 6) is 0. The van der Waals surface area contributed by atoms with Crippen molar-refractivity contribution in [1.29, 1.82) is 0 Å². The van der Waals surface area contributed by atoms with E-state index in [1.54, 1.807) is 0 Å². The van der Waals surface area contributed by atoms with Gasteiger partial charge < -0.3 is 5.32 Å². The van der Waals surface area contributed by atoms with Gasteiger partial charge in [0.2, 0.25) is 0 Å². The quantitative estimate of drug-likeness (QED) is 0.902. The van der Waals surface area contributed by atoms with Crippen LogP contribution in [-0.2, 0) is 13.0 Å². The third kappa shape index (κ3) is 2.63. The molecule has 0 atom stereocenters. The Balaban J connectivity index is 1.93. The van der Waals surface area contributed by atoms with E-state index in [0.717, 1.165) is 19.0 Å². The van der Waals surface area contributed by atoms with E-state index >= 15 is 0 Å². The molecule has 0 bridgehead atoms. The van der Waals surface area contributed by atoms with E-state index in [2.05, 4.69) is 54.1 Å². The van der Waals surface area contributed by atoms with Gasteiger partial charge in [-0.15, -0.1) is 0 Å². The average molecular weight is 269 g/mol. The molecular weight excluding hydrogens is 246 g/mol. The summed E-state index contributed by atoms with van der Waals surface area (Å²) in [5, 5.41) is 8.22. The molecule has 1 aromatic heterocycles. The lowest BCUT2D eigenvalue weighted by molar-refractivity contribution is 0.680. The van der Waals surface area contributed by atoms with Gasteiger partial charge in [-0.1, -0.05) is 19.1 Å². The van der Waals surface area contributed by atoms with Gasteiger partial charge >= 0.3 is 0 Å². The van der Waals surface area contributed by atoms with Gasteiger partial charge in [-0.2, -0.15) is 5.10 Å². The Morgan fingerprint density at radius 1 is 1.30 bits per heavy atom. The molecule has 1 aliphatic rings. The van der Waals surface area contributed by atoms with Gasteiger partial charge in [0.05, 0.1) is 11.9 Å². The van der Waals surface area contributed by atoms with Crippen LogP contribution in [0.2, 0.25) is 0 Å². The van der Waals surface area contributed by atoms with Crippen molar-refractivity contribution < 1.29 is 0 Å². The van der Waals surface area contributed by atoms with Crippen LogP contribution in [0.4, 0.5) is 0 Å². The van der Waals surface area contributed by atoms with Gasteiger partial charge in [0, 0.05) is 23.8 Å². The molecule has 3 rings (SSSR count). The van der Waals surface area contributed by atoms with Gasteiger partial charge in [-0.25, -0.2) is 4.68 Å². The van der Waals surface area contributed by atoms with Crippen LogP contribution in [0.1, 0.15) is 42.1 Å². The second-order valence-corrected chi connectivity index (χ2v) is 5.83. The molecule has 0 unspecified atom stereocenters. The summed E-state index contributed by atoms with van der Waals surface area (Å²) >= 11 is 0. The van der Waals surface area contributed by atoms with E-state index in [9.17, 15) is 0 Å². The summed E-state index contributed by atoms with van der Waals surface area (Å²) in [6.45, 7) is 7.43. The van der Waals surface area contributed by atoms with Crippen LogP contribution in [-0.4, -0.2) is 15.8 Å². The molecule has 2 aromatic rings. The minimum Gasteiger partial charge on any atom is -0.310 e. The molecule has 20 heavy (non-hydrogen) atoms. The first-order valence-corrected chi connectivity index (χ1v) is 7.56. The molecule has 0 amide bonds. The summed E-state index contributed by atoms with van der Waals surface area (Å²) in [5.41, 5.74) is 6.42. The average Bonchev–Trinajstić information content (AvgIpc) is 3.18. The normalized spacial score (nSPS) is 14.8. The zero-order chi connectivity index (χ0) is 14.1. The van der Waals surface area contributed by atoms with Crippen LogP contribution in [0.3, 0.4) is 0 Å². The van der Waals surface area contributed by atoms with Crippen molar-refractivity contribution in [2.45, 2.75) is 52.6 Å². The van der Waals surface area contributed by atoms with Crippen molar-refractivity contribution in [3.8, 4) is 5.69 Å². The monoisotopic (exact) mass is 269 g/mol. The first-order valence-electron chi connectivity index (χ1n) is 7.56. The summed E-state index contributed by atoms with van der Waals surface area (Å²) in [6.07, 6.45) is 5.68. The summed E-state index contributed by atoms with van der Waals surface area (Å²) in [7, 11) is 0. The lowest BCUT2D eigenvalue weighted by Crippen LogP contribution is -2.16. The lowest BCUT2D eigenvalue weighted by Gasteiger charge is -2.12. The van der Waals surface area contributed by atoms with Crippen molar-refractivity contribution in [2.75, 3.05) is 0 Å². The standard InChI is InChI=1S/C17H23N3/c1-4-16-14(10-18-15-7-8-15)11-19-20(16)17-9-12(2)5-6-13(17)3/h5-6,9,11,15,18H,4,7-8,10H2,1-3H3. The second kappa shape index (κ2) is 5.41. The third-order valence-corrected chi connectivity index (χ3v) is 4.04. The molecule has 0 spiro atoms. The van der Waals surface area contributed by atoms with Crippen LogP contribution in [0.5, 0.6) is 0 Å². The molecule has 1 aromatic carbocycles. The predicted octanol–water partition coefficient (Wildman–Crippen LogP) is 3.30. The van der Waals surface area contributed by atoms with Crippen molar-refractivity contribution in [1.82, 2.24) is 15.1 Å². The Bertz CT molecular complexity index is 609. The second-order valence-electron chi connectivity index (χ2n) is 5.83. The van der Waals surface area contributed by atoms with Crippen LogP contribution in [0, 0.1) is 13.8 Å². The number of hydrogen-bond donors (Lipinski definition) is 1. The van der Waals surface area contributed by atoms with Gasteiger partial charge in [-0.3, -0.25) is 0 Å². The highest BCUT2D eigenvalue weighted by Crippen LogP contribution is 2.22. The minimum atomic E-state index is 0.740. The number of nitrogens with one attached hydrogen (secondary N) is 1. The zero-order valence-electron chi connectivity index (χ0n) is 12.6. The maximum Gasteiger partial charge on any atom is 0.0680 e. The van der Waals surface area contributed by atoms with Gasteiger partial charge in [-0.05, 0) is 50.3 Å². The Labute approximate surface area is 121 Å². The molecule has 0 saturated heterocycles. The first-order chi connectivity index (χ1) is 9.69. The fourth-order valence-electron chi connectivity index (χ4n) is 2.63. The molecule has 1 saturated carbocycles. The highest BCUT2D eigenvalue weighted by molar-refractivity contribution is 5.44. The SMILES string of the molecule is CCc1c(CNC2CC2)cnn1-c1cc(C)ccc1C. The van der Waals surface area contributed by atoms with Gasteiger partial charge in [0.1, 0.15) is 0 Å². The third-order valence-electron chi connectivity index (χ3n) is 4.04. The van der Waals surface area contributed by atoms with Crippen molar-refractivity contribution in [3.63, 3.8) is 0 Å².